The molecule has 0 saturated carbocycles. The molecule has 8 heavy (non-hydrogen) atoms. The van der Waals surface area contributed by atoms with Crippen molar-refractivity contribution in [3.8, 4) is 0 Å². The summed E-state index contributed by atoms with van der Waals surface area (Å²) in [6, 6.07) is 0. The molecule has 0 atom stereocenters. The second kappa shape index (κ2) is 2.60. The molecule has 0 aromatic rings. The first kappa shape index (κ1) is 8.11. The summed E-state index contributed by atoms with van der Waals surface area (Å²) in [5.41, 5.74) is -1.46. The molecule has 0 bridgehead atoms. The van der Waals surface area contributed by atoms with E-state index < -0.39 is 19.0 Å². The summed E-state index contributed by atoms with van der Waals surface area (Å²) in [4.78, 5) is 29.0. The highest BCUT2D eigenvalue weighted by Crippen LogP contribution is 2.24. The van der Waals surface area contributed by atoms with Crippen LogP contribution in [0.5, 0.6) is 0 Å². The van der Waals surface area contributed by atoms with Crippen LogP contribution in [0.25, 0.3) is 0 Å². The van der Waals surface area contributed by atoms with Crippen LogP contribution in [0.1, 0.15) is 0 Å². The summed E-state index contributed by atoms with van der Waals surface area (Å²) in [7, 11) is -5.03. The molecule has 0 unspecified atom stereocenters. The van der Waals surface area contributed by atoms with Gasteiger partial charge in [0.1, 0.15) is 0 Å². The van der Waals surface area contributed by atoms with Gasteiger partial charge in [0.25, 0.3) is 0 Å². The Labute approximate surface area is 50.6 Å². The summed E-state index contributed by atoms with van der Waals surface area (Å²) in [6.45, 7) is 0. The fraction of sp³-hybridized carbons (Fsp3) is 0.500. The lowest BCUT2D eigenvalue weighted by Gasteiger charge is -2.25. The van der Waals surface area contributed by atoms with Crippen LogP contribution in [-0.4, -0.2) is 11.4 Å². The van der Waals surface area contributed by atoms with E-state index in [1.807, 2.05) is 0 Å². The van der Waals surface area contributed by atoms with E-state index in [0.717, 1.165) is 0 Å². The van der Waals surface area contributed by atoms with Gasteiger partial charge < -0.3 is 14.4 Å². The number of alkyl halides is 1. The maximum atomic E-state index is 9.81. The Morgan fingerprint density at radius 3 is 2.00 bits per heavy atom. The molecule has 0 radical (unpaired) electrons. The Kier molecular flexibility index (Phi) is 2.63. The maximum absolute atomic E-state index is 9.81. The summed E-state index contributed by atoms with van der Waals surface area (Å²) in [6.07, 6.45) is 0. The molecule has 0 aliphatic carbocycles. The van der Waals surface area contributed by atoms with E-state index in [-0.39, 0.29) is 0 Å². The second-order valence-corrected chi connectivity index (χ2v) is 2.79. The zero-order chi connectivity index (χ0) is 6.78. The molecule has 4 nitrogen and oxygen atoms in total. The highest BCUT2D eigenvalue weighted by Gasteiger charge is 2.01. The van der Waals surface area contributed by atoms with Crippen molar-refractivity contribution < 1.29 is 19.1 Å². The molecule has 0 aliphatic heterocycles. The average molecular weight is 156 g/mol. The van der Waals surface area contributed by atoms with Crippen LogP contribution < -0.4 is 9.79 Å². The zero-order valence-corrected chi connectivity index (χ0v) is 5.32. The normalized spacial score (nSPS) is 11.4. The predicted molar refractivity (Wildman–Crippen MR) is 23.3 cm³/mol. The van der Waals surface area contributed by atoms with Crippen molar-refractivity contribution in [2.45, 2.75) is 0 Å². The first-order chi connectivity index (χ1) is 3.48. The molecular formula is C2H2ClO4P-2. The quantitative estimate of drug-likeness (QED) is 0.366. The Morgan fingerprint density at radius 1 is 1.62 bits per heavy atom. The van der Waals surface area contributed by atoms with Crippen LogP contribution in [0, 0.1) is 0 Å². The van der Waals surface area contributed by atoms with E-state index >= 15 is 0 Å². The molecule has 0 rings (SSSR count). The van der Waals surface area contributed by atoms with Crippen molar-refractivity contribution in [3.63, 3.8) is 0 Å². The molecule has 0 N–H and O–H groups in total. The van der Waals surface area contributed by atoms with Gasteiger partial charge in [0.2, 0.25) is 0 Å². The van der Waals surface area contributed by atoms with Crippen molar-refractivity contribution >= 4 is 24.7 Å². The van der Waals surface area contributed by atoms with Gasteiger partial charge in [-0.25, -0.2) is 0 Å². The van der Waals surface area contributed by atoms with Crippen LogP contribution in [0.2, 0.25) is 0 Å². The minimum absolute atomic E-state index is 0.760. The SMILES string of the molecule is O=C(CCl)P(=O)([O-])[O-]. The molecule has 0 aliphatic rings. The molecule has 48 valence electrons. The molecule has 0 aromatic heterocycles. The van der Waals surface area contributed by atoms with Gasteiger partial charge in [0, 0.05) is 7.60 Å². The van der Waals surface area contributed by atoms with Crippen molar-refractivity contribution in [3.05, 3.63) is 0 Å². The van der Waals surface area contributed by atoms with E-state index in [9.17, 15) is 19.1 Å². The number of rotatable bonds is 2. The summed E-state index contributed by atoms with van der Waals surface area (Å²) < 4.78 is 9.60. The van der Waals surface area contributed by atoms with E-state index in [4.69, 9.17) is 11.6 Å². The molecule has 0 fully saturated rings. The Morgan fingerprint density at radius 2 is 2.00 bits per heavy atom. The van der Waals surface area contributed by atoms with E-state index in [0.29, 0.717) is 0 Å². The van der Waals surface area contributed by atoms with Gasteiger partial charge in [-0.05, 0) is 0 Å². The topological polar surface area (TPSA) is 80.3 Å². The highest BCUT2D eigenvalue weighted by molar-refractivity contribution is 7.67. The number of hydrogen-bond donors (Lipinski definition) is 0. The van der Waals surface area contributed by atoms with Gasteiger partial charge in [-0.2, -0.15) is 0 Å². The monoisotopic (exact) mass is 156 g/mol. The lowest BCUT2D eigenvalue weighted by Crippen LogP contribution is -2.22. The van der Waals surface area contributed by atoms with Gasteiger partial charge in [0.05, 0.1) is 5.88 Å². The van der Waals surface area contributed by atoms with E-state index in [1.54, 1.807) is 0 Å². The lowest BCUT2D eigenvalue weighted by molar-refractivity contribution is -0.310. The van der Waals surface area contributed by atoms with Crippen LogP contribution in [0.15, 0.2) is 0 Å². The number of hydrogen-bond acceptors (Lipinski definition) is 4. The third-order valence-electron chi connectivity index (χ3n) is 0.420. The predicted octanol–water partition coefficient (Wildman–Crippen LogP) is -1.33. The number of halogens is 1. The first-order valence-corrected chi connectivity index (χ1v) is 3.67. The molecule has 0 heterocycles. The number of carbonyl (C=O) groups is 1. The van der Waals surface area contributed by atoms with Crippen LogP contribution in [-0.2, 0) is 9.36 Å². The Hall–Kier alpha value is 0.110. The average Bonchev–Trinajstić information content (AvgIpc) is 1.62. The fourth-order valence-electron chi connectivity index (χ4n) is 0.0732. The zero-order valence-electron chi connectivity index (χ0n) is 3.67. The summed E-state index contributed by atoms with van der Waals surface area (Å²) in [5.74, 6) is -0.760. The first-order valence-electron chi connectivity index (χ1n) is 1.60. The fourth-order valence-corrected chi connectivity index (χ4v) is 0.659. The summed E-state index contributed by atoms with van der Waals surface area (Å²) >= 11 is 4.71. The minimum Gasteiger partial charge on any atom is -0.805 e. The molecule has 0 saturated heterocycles. The van der Waals surface area contributed by atoms with E-state index in [1.165, 1.54) is 0 Å². The van der Waals surface area contributed by atoms with Gasteiger partial charge in [-0.15, -0.1) is 11.6 Å². The smallest absolute Gasteiger partial charge is 0.177 e. The molecule has 0 amide bonds. The second-order valence-electron chi connectivity index (χ2n) is 1.02. The molecule has 6 heteroatoms. The van der Waals surface area contributed by atoms with Gasteiger partial charge in [-0.1, -0.05) is 0 Å². The van der Waals surface area contributed by atoms with Crippen LogP contribution in [0.4, 0.5) is 0 Å². The van der Waals surface area contributed by atoms with Crippen LogP contribution >= 0.6 is 19.2 Å². The maximum Gasteiger partial charge on any atom is 0.177 e. The van der Waals surface area contributed by atoms with Gasteiger partial charge in [-0.3, -0.25) is 4.79 Å². The van der Waals surface area contributed by atoms with Gasteiger partial charge >= 0.3 is 0 Å². The summed E-state index contributed by atoms with van der Waals surface area (Å²) in [5, 5.41) is 0. The molecule has 0 spiro atoms. The minimum atomic E-state index is -5.03. The standard InChI is InChI=1S/C2H4ClO4P/c3-1-2(4)8(5,6)7/h1H2,(H2,5,6,7)/p-2. The Bertz CT molecular complexity index is 137. The van der Waals surface area contributed by atoms with Crippen molar-refractivity contribution in [2.24, 2.45) is 0 Å². The van der Waals surface area contributed by atoms with Crippen molar-refractivity contribution in [1.82, 2.24) is 0 Å². The Balaban J connectivity index is 4.04. The number of carbonyl (C=O) groups excluding carboxylic acids is 1. The third kappa shape index (κ3) is 2.43. The highest BCUT2D eigenvalue weighted by atomic mass is 35.5. The molecular weight excluding hydrogens is 154 g/mol. The van der Waals surface area contributed by atoms with Gasteiger partial charge in [0.15, 0.2) is 5.52 Å². The molecule has 0 aromatic carbocycles. The van der Waals surface area contributed by atoms with E-state index in [2.05, 4.69) is 0 Å². The van der Waals surface area contributed by atoms with Crippen molar-refractivity contribution in [2.75, 3.05) is 5.88 Å². The van der Waals surface area contributed by atoms with Crippen LogP contribution in [0.3, 0.4) is 0 Å². The lowest BCUT2D eigenvalue weighted by atomic mass is 10.9. The third-order valence-corrected chi connectivity index (χ3v) is 1.62. The van der Waals surface area contributed by atoms with Crippen molar-refractivity contribution in [1.29, 1.82) is 0 Å². The largest absolute Gasteiger partial charge is 0.805 e.